The monoisotopic (exact) mass is 336 g/mol. The van der Waals surface area contributed by atoms with Crippen molar-refractivity contribution in [1.29, 1.82) is 0 Å². The van der Waals surface area contributed by atoms with Gasteiger partial charge in [0.1, 0.15) is 0 Å². The fourth-order valence-electron chi connectivity index (χ4n) is 5.97. The summed E-state index contributed by atoms with van der Waals surface area (Å²) in [6, 6.07) is 7.04. The average Bonchev–Trinajstić information content (AvgIpc) is 2.87. The first-order valence-electron chi connectivity index (χ1n) is 10.0. The molecule has 3 nitrogen and oxygen atoms in total. The van der Waals surface area contributed by atoms with Crippen molar-refractivity contribution in [2.75, 3.05) is 6.54 Å². The Hall–Kier alpha value is -1.77. The fourth-order valence-corrected chi connectivity index (χ4v) is 5.97. The Morgan fingerprint density at radius 2 is 1.88 bits per heavy atom. The van der Waals surface area contributed by atoms with Gasteiger partial charge in [0.15, 0.2) is 0 Å². The number of fused-ring (bicyclic) bond motifs is 2. The van der Waals surface area contributed by atoms with Crippen molar-refractivity contribution >= 4 is 16.8 Å². The summed E-state index contributed by atoms with van der Waals surface area (Å²) in [5.41, 5.74) is 3.74. The van der Waals surface area contributed by atoms with Crippen LogP contribution in [-0.4, -0.2) is 28.4 Å². The lowest BCUT2D eigenvalue weighted by atomic mass is 9.68. The molecular weight excluding hydrogens is 308 g/mol. The summed E-state index contributed by atoms with van der Waals surface area (Å²) in [5, 5.41) is 1.28. The van der Waals surface area contributed by atoms with Crippen LogP contribution in [-0.2, 0) is 11.2 Å². The lowest BCUT2D eigenvalue weighted by molar-refractivity contribution is -0.134. The molecule has 25 heavy (non-hydrogen) atoms. The molecule has 2 aliphatic heterocycles. The third-order valence-electron chi connectivity index (χ3n) is 6.96. The number of hydrogen-bond donors (Lipinski definition) is 1. The molecular formula is C22H28N2O. The summed E-state index contributed by atoms with van der Waals surface area (Å²) in [4.78, 5) is 18.7. The first-order chi connectivity index (χ1) is 12.2. The Morgan fingerprint density at radius 1 is 1.12 bits per heavy atom. The normalized spacial score (nSPS) is 30.8. The highest BCUT2D eigenvalue weighted by Crippen LogP contribution is 2.47. The molecule has 1 aromatic carbocycles. The summed E-state index contributed by atoms with van der Waals surface area (Å²) in [6.07, 6.45) is 10.3. The van der Waals surface area contributed by atoms with Gasteiger partial charge in [0.25, 0.3) is 0 Å². The maximum Gasteiger partial charge on any atom is 0.223 e. The number of hydrogen-bond acceptors (Lipinski definition) is 1. The van der Waals surface area contributed by atoms with Crippen molar-refractivity contribution in [3.63, 3.8) is 0 Å². The van der Waals surface area contributed by atoms with Gasteiger partial charge in [-0.15, -0.1) is 0 Å². The molecule has 4 fully saturated rings. The van der Waals surface area contributed by atoms with Gasteiger partial charge < -0.3 is 9.88 Å². The Bertz CT molecular complexity index is 793. The number of nitrogens with one attached hydrogen (secondary N) is 1. The number of amides is 1. The molecule has 6 rings (SSSR count). The molecule has 3 heteroatoms. The van der Waals surface area contributed by atoms with Crippen molar-refractivity contribution in [1.82, 2.24) is 9.88 Å². The van der Waals surface area contributed by atoms with Crippen molar-refractivity contribution in [3.05, 3.63) is 35.5 Å². The summed E-state index contributed by atoms with van der Waals surface area (Å²) in [5.74, 6) is 2.96. The van der Waals surface area contributed by atoms with Crippen LogP contribution in [0.2, 0.25) is 0 Å². The van der Waals surface area contributed by atoms with Gasteiger partial charge in [-0.25, -0.2) is 0 Å². The molecule has 1 aromatic heterocycles. The molecule has 2 aromatic rings. The number of carbonyl (C=O) groups excluding carboxylic acids is 1. The second-order valence-electron chi connectivity index (χ2n) is 8.84. The quantitative estimate of drug-likeness (QED) is 0.883. The molecule has 132 valence electrons. The third kappa shape index (κ3) is 2.78. The van der Waals surface area contributed by atoms with Crippen LogP contribution in [0.1, 0.15) is 49.7 Å². The maximum atomic E-state index is 13.0. The van der Waals surface area contributed by atoms with E-state index in [0.717, 1.165) is 30.7 Å². The highest BCUT2D eigenvalue weighted by molar-refractivity contribution is 5.85. The molecule has 2 aliphatic carbocycles. The number of rotatable bonds is 3. The van der Waals surface area contributed by atoms with E-state index in [4.69, 9.17) is 0 Å². The second-order valence-corrected chi connectivity index (χ2v) is 8.84. The van der Waals surface area contributed by atoms with Crippen molar-refractivity contribution in [2.24, 2.45) is 17.8 Å². The molecule has 0 spiro atoms. The Balaban J connectivity index is 1.31. The predicted octanol–water partition coefficient (Wildman–Crippen LogP) is 4.45. The molecule has 0 radical (unpaired) electrons. The first kappa shape index (κ1) is 15.5. The Labute approximate surface area is 149 Å². The zero-order valence-electron chi connectivity index (χ0n) is 15.1. The largest absolute Gasteiger partial charge is 0.361 e. The molecule has 2 unspecified atom stereocenters. The highest BCUT2D eigenvalue weighted by atomic mass is 16.2. The molecule has 2 saturated carbocycles. The minimum Gasteiger partial charge on any atom is -0.361 e. The zero-order chi connectivity index (χ0) is 17.0. The molecule has 1 amide bonds. The van der Waals surface area contributed by atoms with Crippen LogP contribution in [0, 0.1) is 24.7 Å². The molecule has 3 heterocycles. The van der Waals surface area contributed by atoms with E-state index in [-0.39, 0.29) is 0 Å². The van der Waals surface area contributed by atoms with Gasteiger partial charge in [-0.1, -0.05) is 11.6 Å². The number of nitrogens with zero attached hydrogens (tertiary/aromatic N) is 1. The first-order valence-corrected chi connectivity index (χ1v) is 10.0. The number of aromatic amines is 1. The number of carbonyl (C=O) groups is 1. The van der Waals surface area contributed by atoms with Crippen LogP contribution >= 0.6 is 0 Å². The van der Waals surface area contributed by atoms with Crippen LogP contribution in [0.4, 0.5) is 0 Å². The number of H-pyrrole nitrogens is 1. The average molecular weight is 336 g/mol. The van der Waals surface area contributed by atoms with Crippen LogP contribution in [0.5, 0.6) is 0 Å². The van der Waals surface area contributed by atoms with Crippen LogP contribution < -0.4 is 0 Å². The zero-order valence-corrected chi connectivity index (χ0v) is 15.1. The van der Waals surface area contributed by atoms with Crippen molar-refractivity contribution in [3.8, 4) is 0 Å². The van der Waals surface area contributed by atoms with E-state index < -0.39 is 0 Å². The minimum absolute atomic E-state index is 0.389. The smallest absolute Gasteiger partial charge is 0.223 e. The second kappa shape index (κ2) is 5.89. The van der Waals surface area contributed by atoms with Gasteiger partial charge in [-0.2, -0.15) is 0 Å². The maximum absolute atomic E-state index is 13.0. The van der Waals surface area contributed by atoms with Gasteiger partial charge >= 0.3 is 0 Å². The Morgan fingerprint density at radius 3 is 2.68 bits per heavy atom. The summed E-state index contributed by atoms with van der Waals surface area (Å²) in [6.45, 7) is 3.16. The lowest BCUT2D eigenvalue weighted by Gasteiger charge is -2.39. The summed E-state index contributed by atoms with van der Waals surface area (Å²) >= 11 is 0. The topological polar surface area (TPSA) is 36.1 Å². The van der Waals surface area contributed by atoms with Gasteiger partial charge in [0, 0.05) is 36.1 Å². The predicted molar refractivity (Wildman–Crippen MR) is 100 cm³/mol. The third-order valence-corrected chi connectivity index (χ3v) is 6.96. The van der Waals surface area contributed by atoms with E-state index in [9.17, 15) is 4.79 Å². The van der Waals surface area contributed by atoms with Gasteiger partial charge in [-0.3, -0.25) is 4.79 Å². The SMILES string of the molecule is Cc1ccc2[nH]cc(CCC(=O)N3CC4CC5CC(C4)CC3C5)c2c1. The van der Waals surface area contributed by atoms with Crippen LogP contribution in [0.25, 0.3) is 10.9 Å². The van der Waals surface area contributed by atoms with Crippen LogP contribution in [0.15, 0.2) is 24.4 Å². The van der Waals surface area contributed by atoms with E-state index in [1.54, 1.807) is 0 Å². The van der Waals surface area contributed by atoms with Crippen molar-refractivity contribution < 1.29 is 4.79 Å². The summed E-state index contributed by atoms with van der Waals surface area (Å²) < 4.78 is 0. The van der Waals surface area contributed by atoms with E-state index in [2.05, 4.69) is 41.2 Å². The number of aromatic nitrogens is 1. The number of aryl methyl sites for hydroxylation is 2. The van der Waals surface area contributed by atoms with E-state index in [0.29, 0.717) is 18.4 Å². The van der Waals surface area contributed by atoms with E-state index in [1.807, 2.05) is 0 Å². The van der Waals surface area contributed by atoms with Crippen LogP contribution in [0.3, 0.4) is 0 Å². The summed E-state index contributed by atoms with van der Waals surface area (Å²) in [7, 11) is 0. The van der Waals surface area contributed by atoms with Gasteiger partial charge in [-0.05, 0) is 80.9 Å². The standard InChI is InChI=1S/C22H28N2O/c1-14-2-4-21-20(6-14)18(12-23-21)3-5-22(25)24-13-17-8-15-7-16(9-17)11-19(24)10-15/h2,4,6,12,15-17,19,23H,3,5,7-11,13H2,1H3. The fraction of sp³-hybridized carbons (Fsp3) is 0.591. The molecule has 2 saturated heterocycles. The van der Waals surface area contributed by atoms with E-state index in [1.165, 1.54) is 54.1 Å². The number of benzene rings is 1. The van der Waals surface area contributed by atoms with Gasteiger partial charge in [0.2, 0.25) is 5.91 Å². The molecule has 2 atom stereocenters. The highest BCUT2D eigenvalue weighted by Gasteiger charge is 2.43. The molecule has 4 bridgehead atoms. The van der Waals surface area contributed by atoms with Gasteiger partial charge in [0.05, 0.1) is 0 Å². The van der Waals surface area contributed by atoms with Crippen molar-refractivity contribution in [2.45, 2.75) is 57.9 Å². The molecule has 4 aliphatic rings. The molecule has 1 N–H and O–H groups in total. The Kier molecular flexibility index (Phi) is 3.65. The lowest BCUT2D eigenvalue weighted by Crippen LogP contribution is -2.42. The van der Waals surface area contributed by atoms with E-state index >= 15 is 0 Å². The minimum atomic E-state index is 0.389.